The molecule has 0 aliphatic carbocycles. The number of nitrogens with zero attached hydrogens (tertiary/aromatic N) is 3. The van der Waals surface area contributed by atoms with E-state index in [-0.39, 0.29) is 5.91 Å². The van der Waals surface area contributed by atoms with E-state index < -0.39 is 0 Å². The highest BCUT2D eigenvalue weighted by atomic mass is 16.2. The number of hydrogen-bond acceptors (Lipinski definition) is 3. The number of aryl methyl sites for hydroxylation is 2. The number of rotatable bonds is 5. The van der Waals surface area contributed by atoms with Gasteiger partial charge in [0.1, 0.15) is 0 Å². The topological polar surface area (TPSA) is 52.2 Å². The van der Waals surface area contributed by atoms with Crippen molar-refractivity contribution in [2.45, 2.75) is 46.0 Å². The molecule has 5 heteroatoms. The third kappa shape index (κ3) is 4.38. The Morgan fingerprint density at radius 1 is 1.19 bits per heavy atom. The van der Waals surface area contributed by atoms with Crippen LogP contribution in [0.5, 0.6) is 0 Å². The fraction of sp³-hybridized carbons (Fsp3) is 0.462. The molecule has 1 fully saturated rings. The number of carbonyl (C=O) groups excluding carboxylic acids is 1. The molecule has 164 valence electrons. The second-order valence-electron chi connectivity index (χ2n) is 9.58. The third-order valence-electron chi connectivity index (χ3n) is 6.27. The zero-order valence-corrected chi connectivity index (χ0v) is 19.6. The number of nitrogens with one attached hydrogen (secondary N) is 1. The van der Waals surface area contributed by atoms with Crippen LogP contribution in [0, 0.1) is 13.8 Å². The van der Waals surface area contributed by atoms with Crippen LogP contribution in [0.15, 0.2) is 30.3 Å². The molecule has 1 aliphatic rings. The first-order valence-electron chi connectivity index (χ1n) is 11.3. The maximum atomic E-state index is 12.5. The molecule has 1 amide bonds. The Morgan fingerprint density at radius 2 is 1.90 bits per heavy atom. The molecule has 5 nitrogen and oxygen atoms in total. The molecule has 1 unspecified atom stereocenters. The maximum Gasteiger partial charge on any atom is 0.236 e. The second kappa shape index (κ2) is 8.46. The summed E-state index contributed by atoms with van der Waals surface area (Å²) in [6.07, 6.45) is 1.03. The van der Waals surface area contributed by atoms with E-state index in [2.05, 4.69) is 68.0 Å². The predicted octanol–water partition coefficient (Wildman–Crippen LogP) is 4.85. The van der Waals surface area contributed by atoms with Crippen LogP contribution in [0.4, 0.5) is 0 Å². The third-order valence-corrected chi connectivity index (χ3v) is 6.27. The number of H-pyrrole nitrogens is 1. The summed E-state index contributed by atoms with van der Waals surface area (Å²) < 4.78 is 0. The summed E-state index contributed by atoms with van der Waals surface area (Å²) in [6.45, 7) is 10.8. The standard InChI is InChI=1S/C26H34N4O/c1-16(2)25-22-13-19(20-9-10-30(14-20)24(31)15-29(5)6)7-8-23(22)28-26(25)21-11-17(3)27-18(4)12-21/h7-8,11-13,16,20,28H,9-10,14-15H2,1-6H3. The molecule has 1 atom stereocenters. The van der Waals surface area contributed by atoms with Crippen molar-refractivity contribution in [3.63, 3.8) is 0 Å². The van der Waals surface area contributed by atoms with Gasteiger partial charge in [-0.25, -0.2) is 0 Å². The number of carbonyl (C=O) groups is 1. The van der Waals surface area contributed by atoms with Crippen molar-refractivity contribution in [1.82, 2.24) is 19.8 Å². The van der Waals surface area contributed by atoms with Gasteiger partial charge in [0.25, 0.3) is 0 Å². The largest absolute Gasteiger partial charge is 0.354 e. The van der Waals surface area contributed by atoms with Crippen LogP contribution in [-0.2, 0) is 4.79 Å². The molecule has 0 radical (unpaired) electrons. The van der Waals surface area contributed by atoms with E-state index in [1.54, 1.807) is 0 Å². The number of fused-ring (bicyclic) bond motifs is 1. The zero-order chi connectivity index (χ0) is 22.3. The van der Waals surface area contributed by atoms with Crippen molar-refractivity contribution in [2.24, 2.45) is 0 Å². The number of hydrogen-bond donors (Lipinski definition) is 1. The van der Waals surface area contributed by atoms with Crippen LogP contribution in [0.25, 0.3) is 22.2 Å². The van der Waals surface area contributed by atoms with Gasteiger partial charge in [-0.1, -0.05) is 19.9 Å². The van der Waals surface area contributed by atoms with Crippen molar-refractivity contribution < 1.29 is 4.79 Å². The van der Waals surface area contributed by atoms with Crippen LogP contribution < -0.4 is 0 Å². The van der Waals surface area contributed by atoms with E-state index in [0.29, 0.717) is 18.4 Å². The minimum absolute atomic E-state index is 0.226. The van der Waals surface area contributed by atoms with E-state index in [1.165, 1.54) is 33.3 Å². The first-order valence-corrected chi connectivity index (χ1v) is 11.3. The summed E-state index contributed by atoms with van der Waals surface area (Å²) in [7, 11) is 3.89. The molecular formula is C26H34N4O. The van der Waals surface area contributed by atoms with Crippen LogP contribution in [-0.4, -0.2) is 59.4 Å². The van der Waals surface area contributed by atoms with Crippen molar-refractivity contribution >= 4 is 16.8 Å². The molecule has 1 aromatic carbocycles. The minimum atomic E-state index is 0.226. The number of benzene rings is 1. The van der Waals surface area contributed by atoms with Gasteiger partial charge in [-0.2, -0.15) is 0 Å². The van der Waals surface area contributed by atoms with Gasteiger partial charge >= 0.3 is 0 Å². The summed E-state index contributed by atoms with van der Waals surface area (Å²) in [5, 5.41) is 1.30. The minimum Gasteiger partial charge on any atom is -0.354 e. The second-order valence-corrected chi connectivity index (χ2v) is 9.58. The van der Waals surface area contributed by atoms with E-state index in [4.69, 9.17) is 0 Å². The highest BCUT2D eigenvalue weighted by Gasteiger charge is 2.28. The molecule has 1 saturated heterocycles. The van der Waals surface area contributed by atoms with Gasteiger partial charge in [-0.3, -0.25) is 9.78 Å². The zero-order valence-electron chi connectivity index (χ0n) is 19.6. The van der Waals surface area contributed by atoms with Crippen molar-refractivity contribution in [2.75, 3.05) is 33.7 Å². The Balaban J connectivity index is 1.70. The molecule has 0 bridgehead atoms. The van der Waals surface area contributed by atoms with Crippen molar-refractivity contribution in [3.8, 4) is 11.3 Å². The van der Waals surface area contributed by atoms with E-state index in [9.17, 15) is 4.79 Å². The van der Waals surface area contributed by atoms with E-state index in [1.807, 2.05) is 23.9 Å². The van der Waals surface area contributed by atoms with Crippen LogP contribution >= 0.6 is 0 Å². The Morgan fingerprint density at radius 3 is 2.55 bits per heavy atom. The number of likely N-dealkylation sites (tertiary alicyclic amines) is 1. The van der Waals surface area contributed by atoms with E-state index in [0.717, 1.165) is 30.9 Å². The van der Waals surface area contributed by atoms with Gasteiger partial charge in [0.05, 0.1) is 12.2 Å². The first kappa shape index (κ1) is 21.6. The quantitative estimate of drug-likeness (QED) is 0.645. The SMILES string of the molecule is Cc1cc(-c2[nH]c3ccc(C4CCN(C(=O)CN(C)C)C4)cc3c2C(C)C)cc(C)n1. The van der Waals surface area contributed by atoms with Gasteiger partial charge in [0.15, 0.2) is 0 Å². The Kier molecular flexibility index (Phi) is 5.89. The summed E-state index contributed by atoms with van der Waals surface area (Å²) in [6, 6.07) is 11.1. The van der Waals surface area contributed by atoms with Gasteiger partial charge < -0.3 is 14.8 Å². The number of amides is 1. The first-order chi connectivity index (χ1) is 14.7. The molecular weight excluding hydrogens is 384 g/mol. The number of likely N-dealkylation sites (N-methyl/N-ethyl adjacent to an activating group) is 1. The average Bonchev–Trinajstić information content (AvgIpc) is 3.31. The molecule has 1 aliphatic heterocycles. The average molecular weight is 419 g/mol. The molecule has 0 spiro atoms. The predicted molar refractivity (Wildman–Crippen MR) is 128 cm³/mol. The number of aromatic nitrogens is 2. The molecule has 31 heavy (non-hydrogen) atoms. The van der Waals surface area contributed by atoms with Gasteiger partial charge in [0.2, 0.25) is 5.91 Å². The van der Waals surface area contributed by atoms with Gasteiger partial charge in [0, 0.05) is 46.9 Å². The lowest BCUT2D eigenvalue weighted by Crippen LogP contribution is -2.36. The summed E-state index contributed by atoms with van der Waals surface area (Å²) in [4.78, 5) is 24.7. The molecule has 0 saturated carbocycles. The lowest BCUT2D eigenvalue weighted by molar-refractivity contribution is -0.130. The molecule has 4 rings (SSSR count). The summed E-state index contributed by atoms with van der Waals surface area (Å²) >= 11 is 0. The Hall–Kier alpha value is -2.66. The fourth-order valence-electron chi connectivity index (χ4n) is 4.92. The van der Waals surface area contributed by atoms with Gasteiger partial charge in [-0.05, 0) is 75.7 Å². The lowest BCUT2D eigenvalue weighted by Gasteiger charge is -2.19. The fourth-order valence-corrected chi connectivity index (χ4v) is 4.92. The highest BCUT2D eigenvalue weighted by Crippen LogP contribution is 2.38. The molecule has 3 heterocycles. The maximum absolute atomic E-state index is 12.5. The number of pyridine rings is 1. The molecule has 2 aromatic heterocycles. The molecule has 1 N–H and O–H groups in total. The van der Waals surface area contributed by atoms with Crippen molar-refractivity contribution in [3.05, 3.63) is 52.8 Å². The monoisotopic (exact) mass is 418 g/mol. The van der Waals surface area contributed by atoms with Gasteiger partial charge in [-0.15, -0.1) is 0 Å². The molecule has 3 aromatic rings. The van der Waals surface area contributed by atoms with Crippen LogP contribution in [0.3, 0.4) is 0 Å². The van der Waals surface area contributed by atoms with Crippen molar-refractivity contribution in [1.29, 1.82) is 0 Å². The lowest BCUT2D eigenvalue weighted by atomic mass is 9.92. The normalized spacial score (nSPS) is 16.8. The van der Waals surface area contributed by atoms with Crippen LogP contribution in [0.1, 0.15) is 54.6 Å². The smallest absolute Gasteiger partial charge is 0.236 e. The highest BCUT2D eigenvalue weighted by molar-refractivity contribution is 5.92. The summed E-state index contributed by atoms with van der Waals surface area (Å²) in [5.41, 5.74) is 8.35. The Bertz CT molecular complexity index is 1090. The Labute approximate surface area is 185 Å². The van der Waals surface area contributed by atoms with Crippen LogP contribution in [0.2, 0.25) is 0 Å². The summed E-state index contributed by atoms with van der Waals surface area (Å²) in [5.74, 6) is 1.03. The number of aromatic amines is 1. The van der Waals surface area contributed by atoms with E-state index >= 15 is 0 Å².